The Morgan fingerprint density at radius 1 is 1.05 bits per heavy atom. The molecule has 0 bridgehead atoms. The zero-order valence-electron chi connectivity index (χ0n) is 19.9. The summed E-state index contributed by atoms with van der Waals surface area (Å²) in [4.78, 5) is 39.3. The summed E-state index contributed by atoms with van der Waals surface area (Å²) in [6.45, 7) is 1.81. The number of hydrogen-bond donors (Lipinski definition) is 1. The van der Waals surface area contributed by atoms with Gasteiger partial charge in [0.2, 0.25) is 0 Å². The standard InChI is InChI=1S/C27H22Cl2N2O5S/c1-16-6-5-7-17(10-16)14-31-26(33)23(37-27(31)34)13-18-11-20(29)25(22(12-18)35-2)36-15-24(32)30-21-9-4-3-8-19(21)28/h3-13H,14-15H2,1-2H3,(H,30,32)/b23-13-. The van der Waals surface area contributed by atoms with Crippen molar-refractivity contribution in [3.05, 3.63) is 92.3 Å². The molecule has 1 saturated heterocycles. The number of carbonyl (C=O) groups excluding carboxylic acids is 3. The molecule has 0 radical (unpaired) electrons. The van der Waals surface area contributed by atoms with Crippen LogP contribution < -0.4 is 14.8 Å². The third-order valence-electron chi connectivity index (χ3n) is 5.34. The molecule has 1 heterocycles. The lowest BCUT2D eigenvalue weighted by Crippen LogP contribution is -2.27. The van der Waals surface area contributed by atoms with Crippen LogP contribution in [0.25, 0.3) is 6.08 Å². The van der Waals surface area contributed by atoms with Gasteiger partial charge < -0.3 is 14.8 Å². The molecule has 3 aromatic carbocycles. The van der Waals surface area contributed by atoms with Crippen molar-refractivity contribution in [2.24, 2.45) is 0 Å². The Bertz CT molecular complexity index is 1410. The molecule has 0 saturated carbocycles. The fraction of sp³-hybridized carbons (Fsp3) is 0.148. The number of thioether (sulfide) groups is 1. The van der Waals surface area contributed by atoms with E-state index in [4.69, 9.17) is 32.7 Å². The summed E-state index contributed by atoms with van der Waals surface area (Å²) in [6, 6.07) is 17.7. The van der Waals surface area contributed by atoms with E-state index in [1.807, 2.05) is 31.2 Å². The predicted molar refractivity (Wildman–Crippen MR) is 146 cm³/mol. The minimum absolute atomic E-state index is 0.170. The molecule has 1 aliphatic rings. The number of methoxy groups -OCH3 is 1. The SMILES string of the molecule is COc1cc(/C=C2\SC(=O)N(Cc3cccc(C)c3)C2=O)cc(Cl)c1OCC(=O)Nc1ccccc1Cl. The maximum atomic E-state index is 12.9. The summed E-state index contributed by atoms with van der Waals surface area (Å²) in [7, 11) is 1.43. The summed E-state index contributed by atoms with van der Waals surface area (Å²) in [5.41, 5.74) is 2.91. The van der Waals surface area contributed by atoms with Crippen molar-refractivity contribution in [2.45, 2.75) is 13.5 Å². The minimum Gasteiger partial charge on any atom is -0.493 e. The van der Waals surface area contributed by atoms with Crippen LogP contribution in [-0.4, -0.2) is 35.7 Å². The van der Waals surface area contributed by atoms with Crippen LogP contribution >= 0.6 is 35.0 Å². The highest BCUT2D eigenvalue weighted by Crippen LogP contribution is 2.39. The first-order valence-electron chi connectivity index (χ1n) is 11.1. The number of imide groups is 1. The fourth-order valence-corrected chi connectivity index (χ4v) is 4.93. The molecule has 0 aromatic heterocycles. The van der Waals surface area contributed by atoms with Gasteiger partial charge in [-0.25, -0.2) is 0 Å². The lowest BCUT2D eigenvalue weighted by Gasteiger charge is -2.14. The number of benzene rings is 3. The maximum absolute atomic E-state index is 12.9. The average molecular weight is 557 g/mol. The highest BCUT2D eigenvalue weighted by molar-refractivity contribution is 8.18. The molecule has 190 valence electrons. The number of amides is 3. The normalized spacial score (nSPS) is 14.3. The molecule has 4 rings (SSSR count). The van der Waals surface area contributed by atoms with Gasteiger partial charge in [0.1, 0.15) is 0 Å². The molecular formula is C27H22Cl2N2O5S. The van der Waals surface area contributed by atoms with Gasteiger partial charge in [-0.1, -0.05) is 65.2 Å². The molecule has 0 unspecified atom stereocenters. The lowest BCUT2D eigenvalue weighted by molar-refractivity contribution is -0.123. The number of hydrogen-bond acceptors (Lipinski definition) is 6. The van der Waals surface area contributed by atoms with Crippen molar-refractivity contribution in [1.82, 2.24) is 4.90 Å². The third-order valence-corrected chi connectivity index (χ3v) is 6.86. The van der Waals surface area contributed by atoms with Crippen molar-refractivity contribution in [3.8, 4) is 11.5 Å². The largest absolute Gasteiger partial charge is 0.493 e. The molecule has 0 atom stereocenters. The van der Waals surface area contributed by atoms with Crippen molar-refractivity contribution in [3.63, 3.8) is 0 Å². The first kappa shape index (κ1) is 26.6. The number of aryl methyl sites for hydroxylation is 1. The fourth-order valence-electron chi connectivity index (χ4n) is 3.63. The van der Waals surface area contributed by atoms with Gasteiger partial charge in [0.25, 0.3) is 17.1 Å². The van der Waals surface area contributed by atoms with Crippen LogP contribution in [-0.2, 0) is 16.1 Å². The molecule has 1 fully saturated rings. The van der Waals surface area contributed by atoms with E-state index in [1.54, 1.807) is 42.5 Å². The second kappa shape index (κ2) is 11.7. The van der Waals surface area contributed by atoms with E-state index < -0.39 is 5.91 Å². The number of nitrogens with zero attached hydrogens (tertiary/aromatic N) is 1. The van der Waals surface area contributed by atoms with E-state index in [-0.39, 0.29) is 45.7 Å². The predicted octanol–water partition coefficient (Wildman–Crippen LogP) is 6.56. The summed E-state index contributed by atoms with van der Waals surface area (Å²) in [6.07, 6.45) is 1.57. The molecule has 10 heteroatoms. The quantitative estimate of drug-likeness (QED) is 0.316. The van der Waals surface area contributed by atoms with Crippen LogP contribution in [0, 0.1) is 6.92 Å². The molecule has 0 aliphatic carbocycles. The van der Waals surface area contributed by atoms with Gasteiger partial charge in [-0.05, 0) is 60.2 Å². The van der Waals surface area contributed by atoms with Crippen LogP contribution in [0.15, 0.2) is 65.6 Å². The molecular weight excluding hydrogens is 535 g/mol. The van der Waals surface area contributed by atoms with Crippen LogP contribution in [0.1, 0.15) is 16.7 Å². The summed E-state index contributed by atoms with van der Waals surface area (Å²) >= 11 is 13.4. The van der Waals surface area contributed by atoms with Gasteiger partial charge in [0, 0.05) is 0 Å². The van der Waals surface area contributed by atoms with Crippen molar-refractivity contribution >= 4 is 63.8 Å². The number of rotatable bonds is 8. The Morgan fingerprint density at radius 2 is 1.84 bits per heavy atom. The molecule has 1 N–H and O–H groups in total. The highest BCUT2D eigenvalue weighted by Gasteiger charge is 2.35. The van der Waals surface area contributed by atoms with Crippen LogP contribution in [0.4, 0.5) is 10.5 Å². The van der Waals surface area contributed by atoms with Crippen LogP contribution in [0.2, 0.25) is 10.0 Å². The molecule has 3 aromatic rings. The number of ether oxygens (including phenoxy) is 2. The summed E-state index contributed by atoms with van der Waals surface area (Å²) in [5.74, 6) is -0.382. The number of carbonyl (C=O) groups is 3. The molecule has 37 heavy (non-hydrogen) atoms. The molecule has 1 aliphatic heterocycles. The third kappa shape index (κ3) is 6.46. The monoisotopic (exact) mass is 556 g/mol. The van der Waals surface area contributed by atoms with Crippen molar-refractivity contribution < 1.29 is 23.9 Å². The van der Waals surface area contributed by atoms with Gasteiger partial charge in [0.05, 0.1) is 34.3 Å². The van der Waals surface area contributed by atoms with Crippen molar-refractivity contribution in [2.75, 3.05) is 19.0 Å². The van der Waals surface area contributed by atoms with E-state index in [0.717, 1.165) is 22.9 Å². The smallest absolute Gasteiger partial charge is 0.293 e. The Morgan fingerprint density at radius 3 is 2.57 bits per heavy atom. The van der Waals surface area contributed by atoms with Gasteiger partial charge in [0.15, 0.2) is 18.1 Å². The number of nitrogens with one attached hydrogen (secondary N) is 1. The summed E-state index contributed by atoms with van der Waals surface area (Å²) in [5, 5.41) is 2.90. The first-order valence-corrected chi connectivity index (χ1v) is 12.7. The Labute approximate surface area is 228 Å². The topological polar surface area (TPSA) is 84.9 Å². The maximum Gasteiger partial charge on any atom is 0.293 e. The van der Waals surface area contributed by atoms with Crippen LogP contribution in [0.3, 0.4) is 0 Å². The number of para-hydroxylation sites is 1. The minimum atomic E-state index is -0.433. The average Bonchev–Trinajstić information content (AvgIpc) is 3.11. The zero-order chi connectivity index (χ0) is 26.5. The Balaban J connectivity index is 1.47. The van der Waals surface area contributed by atoms with Gasteiger partial charge in [-0.15, -0.1) is 0 Å². The molecule has 0 spiro atoms. The van der Waals surface area contributed by atoms with Crippen molar-refractivity contribution in [1.29, 1.82) is 0 Å². The number of halogens is 2. The summed E-state index contributed by atoms with van der Waals surface area (Å²) < 4.78 is 11.0. The Hall–Kier alpha value is -3.46. The Kier molecular flexibility index (Phi) is 8.43. The van der Waals surface area contributed by atoms with Crippen LogP contribution in [0.5, 0.6) is 11.5 Å². The molecule has 3 amide bonds. The number of anilines is 1. The van der Waals surface area contributed by atoms with E-state index in [0.29, 0.717) is 16.3 Å². The van der Waals surface area contributed by atoms with E-state index in [9.17, 15) is 14.4 Å². The molecule has 7 nitrogen and oxygen atoms in total. The van der Waals surface area contributed by atoms with Gasteiger partial charge in [-0.3, -0.25) is 19.3 Å². The van der Waals surface area contributed by atoms with E-state index in [2.05, 4.69) is 5.32 Å². The van der Waals surface area contributed by atoms with E-state index in [1.165, 1.54) is 12.0 Å². The first-order chi connectivity index (χ1) is 17.7. The van der Waals surface area contributed by atoms with Gasteiger partial charge in [-0.2, -0.15) is 0 Å². The second-order valence-corrected chi connectivity index (χ2v) is 9.92. The zero-order valence-corrected chi connectivity index (χ0v) is 22.2. The second-order valence-electron chi connectivity index (χ2n) is 8.11. The van der Waals surface area contributed by atoms with E-state index >= 15 is 0 Å². The highest BCUT2D eigenvalue weighted by atomic mass is 35.5. The van der Waals surface area contributed by atoms with Gasteiger partial charge >= 0.3 is 0 Å². The lowest BCUT2D eigenvalue weighted by atomic mass is 10.1.